The molecule has 0 saturated carbocycles. The first-order valence-corrected chi connectivity index (χ1v) is 10.7. The Bertz CT molecular complexity index is 1120. The predicted molar refractivity (Wildman–Crippen MR) is 114 cm³/mol. The monoisotopic (exact) mass is 423 g/mol. The lowest BCUT2D eigenvalue weighted by atomic mass is 10.0. The van der Waals surface area contributed by atoms with Gasteiger partial charge in [-0.05, 0) is 42.0 Å². The number of hydrogen-bond donors (Lipinski definition) is 3. The van der Waals surface area contributed by atoms with Gasteiger partial charge in [-0.2, -0.15) is 0 Å². The van der Waals surface area contributed by atoms with E-state index in [0.717, 1.165) is 5.56 Å². The van der Waals surface area contributed by atoms with Crippen LogP contribution in [0.3, 0.4) is 0 Å². The molecule has 0 saturated heterocycles. The van der Waals surface area contributed by atoms with E-state index in [1.807, 2.05) is 36.4 Å². The molecular weight excluding hydrogens is 402 g/mol. The Labute approximate surface area is 175 Å². The van der Waals surface area contributed by atoms with E-state index in [0.29, 0.717) is 11.3 Å². The van der Waals surface area contributed by atoms with Crippen molar-refractivity contribution >= 4 is 27.5 Å². The third-order valence-corrected chi connectivity index (χ3v) is 5.33. The molecule has 0 aliphatic carbocycles. The van der Waals surface area contributed by atoms with Crippen LogP contribution in [0.25, 0.3) is 0 Å². The SMILES string of the molecule is NS(=O)(=O)c1ccc(NC(=O)CC(NC(=O)c2ccccc2)c2ccccc2)cc1. The van der Waals surface area contributed by atoms with Crippen LogP contribution in [0.5, 0.6) is 0 Å². The summed E-state index contributed by atoms with van der Waals surface area (Å²) in [5.41, 5.74) is 1.72. The molecule has 0 heterocycles. The zero-order valence-electron chi connectivity index (χ0n) is 16.0. The Kier molecular flexibility index (Phi) is 6.61. The highest BCUT2D eigenvalue weighted by molar-refractivity contribution is 7.89. The van der Waals surface area contributed by atoms with Gasteiger partial charge < -0.3 is 10.6 Å². The van der Waals surface area contributed by atoms with Crippen molar-refractivity contribution in [2.75, 3.05) is 5.32 Å². The van der Waals surface area contributed by atoms with Crippen LogP contribution in [0.4, 0.5) is 5.69 Å². The number of nitrogens with two attached hydrogens (primary N) is 1. The minimum atomic E-state index is -3.80. The van der Waals surface area contributed by atoms with E-state index in [1.165, 1.54) is 24.3 Å². The maximum Gasteiger partial charge on any atom is 0.251 e. The maximum absolute atomic E-state index is 12.6. The van der Waals surface area contributed by atoms with E-state index in [-0.39, 0.29) is 23.1 Å². The number of primary sulfonamides is 1. The molecule has 4 N–H and O–H groups in total. The van der Waals surface area contributed by atoms with Crippen molar-refractivity contribution in [1.29, 1.82) is 0 Å². The highest BCUT2D eigenvalue weighted by atomic mass is 32.2. The van der Waals surface area contributed by atoms with Crippen LogP contribution in [0, 0.1) is 0 Å². The zero-order valence-corrected chi connectivity index (χ0v) is 16.8. The Morgan fingerprint density at radius 1 is 0.833 bits per heavy atom. The number of nitrogens with one attached hydrogen (secondary N) is 2. The van der Waals surface area contributed by atoms with Gasteiger partial charge in [-0.15, -0.1) is 0 Å². The summed E-state index contributed by atoms with van der Waals surface area (Å²) in [5.74, 6) is -0.615. The molecule has 30 heavy (non-hydrogen) atoms. The number of hydrogen-bond acceptors (Lipinski definition) is 4. The van der Waals surface area contributed by atoms with Gasteiger partial charge in [-0.25, -0.2) is 13.6 Å². The Hall–Kier alpha value is -3.49. The third-order valence-electron chi connectivity index (χ3n) is 4.40. The van der Waals surface area contributed by atoms with Crippen LogP contribution in [0.2, 0.25) is 0 Å². The molecule has 0 radical (unpaired) electrons. The molecule has 3 aromatic rings. The topological polar surface area (TPSA) is 118 Å². The van der Waals surface area contributed by atoms with E-state index >= 15 is 0 Å². The predicted octanol–water partition coefficient (Wildman–Crippen LogP) is 2.83. The van der Waals surface area contributed by atoms with Gasteiger partial charge in [0.05, 0.1) is 17.4 Å². The molecule has 3 aromatic carbocycles. The molecule has 0 aliphatic rings. The molecule has 0 fully saturated rings. The van der Waals surface area contributed by atoms with Crippen molar-refractivity contribution in [3.63, 3.8) is 0 Å². The number of carbonyl (C=O) groups is 2. The van der Waals surface area contributed by atoms with Crippen molar-refractivity contribution in [2.24, 2.45) is 5.14 Å². The molecule has 0 aliphatic heterocycles. The van der Waals surface area contributed by atoms with Gasteiger partial charge in [0.1, 0.15) is 0 Å². The largest absolute Gasteiger partial charge is 0.345 e. The molecule has 7 nitrogen and oxygen atoms in total. The molecular formula is C22H21N3O4S. The van der Waals surface area contributed by atoms with Crippen LogP contribution in [0.15, 0.2) is 89.8 Å². The normalized spacial score (nSPS) is 12.0. The average molecular weight is 423 g/mol. The summed E-state index contributed by atoms with van der Waals surface area (Å²) in [6.07, 6.45) is -0.000470. The van der Waals surface area contributed by atoms with Crippen LogP contribution >= 0.6 is 0 Å². The molecule has 2 amide bonds. The van der Waals surface area contributed by atoms with Crippen LogP contribution in [0.1, 0.15) is 28.4 Å². The van der Waals surface area contributed by atoms with Gasteiger partial charge in [0.25, 0.3) is 5.91 Å². The van der Waals surface area contributed by atoms with E-state index < -0.39 is 16.1 Å². The summed E-state index contributed by atoms with van der Waals surface area (Å²) >= 11 is 0. The van der Waals surface area contributed by atoms with Crippen molar-refractivity contribution in [1.82, 2.24) is 5.32 Å². The second-order valence-electron chi connectivity index (χ2n) is 6.62. The van der Waals surface area contributed by atoms with Gasteiger partial charge in [-0.1, -0.05) is 48.5 Å². The molecule has 0 aromatic heterocycles. The molecule has 0 spiro atoms. The third kappa shape index (κ3) is 5.76. The maximum atomic E-state index is 12.6. The second-order valence-corrected chi connectivity index (χ2v) is 8.19. The smallest absolute Gasteiger partial charge is 0.251 e. The number of rotatable bonds is 7. The number of benzene rings is 3. The molecule has 0 bridgehead atoms. The van der Waals surface area contributed by atoms with Gasteiger partial charge >= 0.3 is 0 Å². The molecule has 1 atom stereocenters. The summed E-state index contributed by atoms with van der Waals surface area (Å²) in [6, 6.07) is 23.0. The summed E-state index contributed by atoms with van der Waals surface area (Å²) in [7, 11) is -3.80. The zero-order chi connectivity index (χ0) is 21.6. The highest BCUT2D eigenvalue weighted by Crippen LogP contribution is 2.19. The Balaban J connectivity index is 1.72. The summed E-state index contributed by atoms with van der Waals surface area (Å²) < 4.78 is 22.7. The first kappa shape index (κ1) is 21.2. The minimum Gasteiger partial charge on any atom is -0.345 e. The number of carbonyl (C=O) groups excluding carboxylic acids is 2. The summed E-state index contributed by atoms with van der Waals surface area (Å²) in [6.45, 7) is 0. The first-order valence-electron chi connectivity index (χ1n) is 9.16. The number of sulfonamides is 1. The molecule has 154 valence electrons. The Morgan fingerprint density at radius 3 is 1.97 bits per heavy atom. The quantitative estimate of drug-likeness (QED) is 0.541. The fourth-order valence-electron chi connectivity index (χ4n) is 2.89. The number of amides is 2. The summed E-state index contributed by atoms with van der Waals surface area (Å²) in [5, 5.41) is 10.7. The van der Waals surface area contributed by atoms with Crippen LogP contribution < -0.4 is 15.8 Å². The second kappa shape index (κ2) is 9.34. The highest BCUT2D eigenvalue weighted by Gasteiger charge is 2.19. The van der Waals surface area contributed by atoms with E-state index in [4.69, 9.17) is 5.14 Å². The Morgan fingerprint density at radius 2 is 1.40 bits per heavy atom. The van der Waals surface area contributed by atoms with E-state index in [9.17, 15) is 18.0 Å². The lowest BCUT2D eigenvalue weighted by Gasteiger charge is -2.19. The standard InChI is InChI=1S/C22H21N3O4S/c23-30(28,29)19-13-11-18(12-14-19)24-21(26)15-20(16-7-3-1-4-8-16)25-22(27)17-9-5-2-6-10-17/h1-14,20H,15H2,(H,24,26)(H,25,27)(H2,23,28,29). The fraction of sp³-hybridized carbons (Fsp3) is 0.0909. The van der Waals surface area contributed by atoms with E-state index in [1.54, 1.807) is 24.3 Å². The summed E-state index contributed by atoms with van der Waals surface area (Å²) in [4.78, 5) is 25.1. The van der Waals surface area contributed by atoms with Gasteiger partial charge in [0.15, 0.2) is 0 Å². The van der Waals surface area contributed by atoms with Crippen molar-refractivity contribution < 1.29 is 18.0 Å². The average Bonchev–Trinajstić information content (AvgIpc) is 2.74. The van der Waals surface area contributed by atoms with E-state index in [2.05, 4.69) is 10.6 Å². The minimum absolute atomic E-state index is 0.000470. The first-order chi connectivity index (χ1) is 14.3. The van der Waals surface area contributed by atoms with Crippen LogP contribution in [-0.2, 0) is 14.8 Å². The molecule has 3 rings (SSSR count). The lowest BCUT2D eigenvalue weighted by Crippen LogP contribution is -2.31. The van der Waals surface area contributed by atoms with Gasteiger partial charge in [0.2, 0.25) is 15.9 Å². The molecule has 8 heteroatoms. The lowest BCUT2D eigenvalue weighted by molar-refractivity contribution is -0.116. The number of anilines is 1. The fourth-order valence-corrected chi connectivity index (χ4v) is 3.41. The molecule has 1 unspecified atom stereocenters. The van der Waals surface area contributed by atoms with Crippen molar-refractivity contribution in [2.45, 2.75) is 17.4 Å². The van der Waals surface area contributed by atoms with Gasteiger partial charge in [0, 0.05) is 11.3 Å². The van der Waals surface area contributed by atoms with Crippen molar-refractivity contribution in [3.05, 3.63) is 96.1 Å². The van der Waals surface area contributed by atoms with Gasteiger partial charge in [-0.3, -0.25) is 9.59 Å². The van der Waals surface area contributed by atoms with Crippen molar-refractivity contribution in [3.8, 4) is 0 Å². The van der Waals surface area contributed by atoms with Crippen LogP contribution in [-0.4, -0.2) is 20.2 Å².